The molecule has 0 spiro atoms. The lowest BCUT2D eigenvalue weighted by Crippen LogP contribution is -2.14. The van der Waals surface area contributed by atoms with Gasteiger partial charge in [0, 0.05) is 16.7 Å². The number of amides is 1. The van der Waals surface area contributed by atoms with Crippen LogP contribution in [0.2, 0.25) is 0 Å². The van der Waals surface area contributed by atoms with E-state index in [1.165, 1.54) is 17.3 Å². The number of benzene rings is 2. The van der Waals surface area contributed by atoms with E-state index in [0.717, 1.165) is 21.7 Å². The van der Waals surface area contributed by atoms with E-state index < -0.39 is 0 Å². The molecule has 0 aliphatic heterocycles. The number of anilines is 1. The van der Waals surface area contributed by atoms with E-state index in [0.29, 0.717) is 24.2 Å². The van der Waals surface area contributed by atoms with Crippen LogP contribution in [-0.2, 0) is 17.9 Å². The van der Waals surface area contributed by atoms with Crippen LogP contribution in [0.4, 0.5) is 5.69 Å². The zero-order valence-corrected chi connectivity index (χ0v) is 19.7. The number of rotatable bonds is 9. The maximum atomic E-state index is 12.2. The summed E-state index contributed by atoms with van der Waals surface area (Å²) in [5.74, 6) is 2.19. The Labute approximate surface area is 189 Å². The molecule has 0 aliphatic rings. The van der Waals surface area contributed by atoms with E-state index >= 15 is 0 Å². The van der Waals surface area contributed by atoms with Crippen LogP contribution in [0.3, 0.4) is 0 Å². The third-order valence-electron chi connectivity index (χ3n) is 4.48. The van der Waals surface area contributed by atoms with Crippen molar-refractivity contribution in [2.75, 3.05) is 11.1 Å². The van der Waals surface area contributed by atoms with Crippen molar-refractivity contribution in [3.8, 4) is 5.75 Å². The molecule has 0 unspecified atom stereocenters. The van der Waals surface area contributed by atoms with Gasteiger partial charge in [-0.2, -0.15) is 0 Å². The first-order chi connectivity index (χ1) is 14.5. The molecule has 1 N–H and O–H groups in total. The average molecular weight is 489 g/mol. The van der Waals surface area contributed by atoms with Gasteiger partial charge in [0.1, 0.15) is 12.4 Å². The number of hydrogen-bond donors (Lipinski definition) is 1. The molecule has 2 aromatic carbocycles. The molecule has 1 heterocycles. The number of carbonyl (C=O) groups excluding carboxylic acids is 1. The van der Waals surface area contributed by atoms with Crippen LogP contribution in [0, 0.1) is 0 Å². The third-order valence-corrected chi connectivity index (χ3v) is 5.98. The number of hydrogen-bond acceptors (Lipinski definition) is 5. The smallest absolute Gasteiger partial charge is 0.234 e. The van der Waals surface area contributed by atoms with E-state index in [4.69, 9.17) is 4.74 Å². The molecule has 0 bridgehead atoms. The minimum absolute atomic E-state index is 0.0870. The molecule has 0 atom stereocenters. The number of thioether (sulfide) groups is 1. The molecule has 0 fully saturated rings. The lowest BCUT2D eigenvalue weighted by atomic mass is 10.0. The summed E-state index contributed by atoms with van der Waals surface area (Å²) >= 11 is 4.74. The summed E-state index contributed by atoms with van der Waals surface area (Å²) in [5, 5.41) is 12.1. The molecule has 0 saturated heterocycles. The highest BCUT2D eigenvalue weighted by Gasteiger charge is 2.14. The monoisotopic (exact) mass is 488 g/mol. The van der Waals surface area contributed by atoms with E-state index in [2.05, 4.69) is 57.4 Å². The zero-order valence-electron chi connectivity index (χ0n) is 17.3. The van der Waals surface area contributed by atoms with E-state index in [1.807, 2.05) is 47.9 Å². The van der Waals surface area contributed by atoms with Crippen molar-refractivity contribution in [2.45, 2.75) is 45.0 Å². The van der Waals surface area contributed by atoms with Gasteiger partial charge in [0.25, 0.3) is 0 Å². The number of nitrogens with one attached hydrogen (secondary N) is 1. The van der Waals surface area contributed by atoms with Crippen LogP contribution in [0.15, 0.2) is 58.2 Å². The summed E-state index contributed by atoms with van der Waals surface area (Å²) in [6.07, 6.45) is 0. The second-order valence-corrected chi connectivity index (χ2v) is 8.86. The molecule has 158 valence electrons. The molecular formula is C22H25BrN4O2S. The van der Waals surface area contributed by atoms with Crippen molar-refractivity contribution in [2.24, 2.45) is 0 Å². The van der Waals surface area contributed by atoms with Crippen molar-refractivity contribution in [3.05, 3.63) is 64.4 Å². The highest BCUT2D eigenvalue weighted by Crippen LogP contribution is 2.21. The first-order valence-electron chi connectivity index (χ1n) is 9.79. The molecule has 3 rings (SSSR count). The zero-order chi connectivity index (χ0) is 21.5. The highest BCUT2D eigenvalue weighted by atomic mass is 79.9. The van der Waals surface area contributed by atoms with Crippen molar-refractivity contribution in [1.82, 2.24) is 14.8 Å². The van der Waals surface area contributed by atoms with Gasteiger partial charge >= 0.3 is 0 Å². The molecule has 0 radical (unpaired) electrons. The van der Waals surface area contributed by atoms with Gasteiger partial charge in [-0.05, 0) is 54.8 Å². The molecule has 8 heteroatoms. The maximum Gasteiger partial charge on any atom is 0.234 e. The topological polar surface area (TPSA) is 69.0 Å². The van der Waals surface area contributed by atoms with Crippen LogP contribution in [-0.4, -0.2) is 26.4 Å². The van der Waals surface area contributed by atoms with E-state index in [-0.39, 0.29) is 11.7 Å². The summed E-state index contributed by atoms with van der Waals surface area (Å²) in [6.45, 7) is 7.38. The molecular weight excluding hydrogens is 464 g/mol. The van der Waals surface area contributed by atoms with Gasteiger partial charge in [-0.15, -0.1) is 10.2 Å². The summed E-state index contributed by atoms with van der Waals surface area (Å²) in [6, 6.07) is 15.6. The molecule has 1 amide bonds. The summed E-state index contributed by atoms with van der Waals surface area (Å²) in [4.78, 5) is 12.2. The largest absolute Gasteiger partial charge is 0.486 e. The van der Waals surface area contributed by atoms with Crippen LogP contribution in [0.25, 0.3) is 0 Å². The number of halogens is 1. The molecule has 3 aromatic rings. The third kappa shape index (κ3) is 6.09. The summed E-state index contributed by atoms with van der Waals surface area (Å²) < 4.78 is 8.82. The quantitative estimate of drug-likeness (QED) is 0.403. The minimum atomic E-state index is -0.0870. The number of aromatic nitrogens is 3. The maximum absolute atomic E-state index is 12.2. The number of nitrogens with zero attached hydrogens (tertiary/aromatic N) is 3. The number of ether oxygens (including phenoxy) is 1. The Balaban J connectivity index is 1.55. The fraction of sp³-hybridized carbons (Fsp3) is 0.318. The Morgan fingerprint density at radius 3 is 2.47 bits per heavy atom. The predicted octanol–water partition coefficient (Wildman–Crippen LogP) is 5.49. The standard InChI is InChI=1S/C22H25BrN4O2S/c1-4-27-20(13-29-19-11-5-16(6-12-19)15(2)3)25-26-22(27)30-14-21(28)24-18-9-7-17(23)8-10-18/h5-12,15H,4,13-14H2,1-3H3,(H,24,28). The van der Waals surface area contributed by atoms with Gasteiger partial charge in [-0.3, -0.25) is 4.79 Å². The van der Waals surface area contributed by atoms with Gasteiger partial charge in [-0.25, -0.2) is 0 Å². The average Bonchev–Trinajstić information content (AvgIpc) is 3.14. The van der Waals surface area contributed by atoms with Crippen LogP contribution < -0.4 is 10.1 Å². The SMILES string of the molecule is CCn1c(COc2ccc(C(C)C)cc2)nnc1SCC(=O)Nc1ccc(Br)cc1. The molecule has 0 aliphatic carbocycles. The molecule has 1 aromatic heterocycles. The van der Waals surface area contributed by atoms with Crippen LogP contribution in [0.1, 0.15) is 38.1 Å². The molecule has 0 saturated carbocycles. The van der Waals surface area contributed by atoms with Crippen LogP contribution in [0.5, 0.6) is 5.75 Å². The fourth-order valence-electron chi connectivity index (χ4n) is 2.81. The second kappa shape index (κ2) is 10.6. The Morgan fingerprint density at radius 1 is 1.13 bits per heavy atom. The first-order valence-corrected chi connectivity index (χ1v) is 11.6. The van der Waals surface area contributed by atoms with Gasteiger partial charge < -0.3 is 14.6 Å². The fourth-order valence-corrected chi connectivity index (χ4v) is 3.89. The predicted molar refractivity (Wildman–Crippen MR) is 124 cm³/mol. The van der Waals surface area contributed by atoms with Crippen molar-refractivity contribution in [3.63, 3.8) is 0 Å². The highest BCUT2D eigenvalue weighted by molar-refractivity contribution is 9.10. The van der Waals surface area contributed by atoms with Gasteiger partial charge in [0.05, 0.1) is 5.75 Å². The molecule has 6 nitrogen and oxygen atoms in total. The Kier molecular flexibility index (Phi) is 7.93. The Morgan fingerprint density at radius 2 is 1.83 bits per heavy atom. The number of carbonyl (C=O) groups is 1. The normalized spacial score (nSPS) is 11.0. The first kappa shape index (κ1) is 22.4. The minimum Gasteiger partial charge on any atom is -0.486 e. The summed E-state index contributed by atoms with van der Waals surface area (Å²) in [5.41, 5.74) is 2.04. The van der Waals surface area contributed by atoms with Crippen molar-refractivity contribution < 1.29 is 9.53 Å². The van der Waals surface area contributed by atoms with Crippen molar-refractivity contribution in [1.29, 1.82) is 0 Å². The Bertz CT molecular complexity index is 972. The Hall–Kier alpha value is -2.32. The van der Waals surface area contributed by atoms with Gasteiger partial charge in [0.15, 0.2) is 11.0 Å². The lowest BCUT2D eigenvalue weighted by Gasteiger charge is -2.10. The van der Waals surface area contributed by atoms with Crippen molar-refractivity contribution >= 4 is 39.3 Å². The van der Waals surface area contributed by atoms with Gasteiger partial charge in [0.2, 0.25) is 5.91 Å². The summed E-state index contributed by atoms with van der Waals surface area (Å²) in [7, 11) is 0. The van der Waals surface area contributed by atoms with Crippen LogP contribution >= 0.6 is 27.7 Å². The van der Waals surface area contributed by atoms with E-state index in [9.17, 15) is 4.79 Å². The molecule has 30 heavy (non-hydrogen) atoms. The second-order valence-electron chi connectivity index (χ2n) is 7.00. The lowest BCUT2D eigenvalue weighted by molar-refractivity contribution is -0.113. The van der Waals surface area contributed by atoms with E-state index in [1.54, 1.807) is 0 Å². The van der Waals surface area contributed by atoms with Gasteiger partial charge in [-0.1, -0.05) is 53.7 Å².